The fraction of sp³-hybridized carbons (Fsp3) is 0.0952. The van der Waals surface area contributed by atoms with Crippen molar-refractivity contribution >= 4 is 34.8 Å². The first-order valence-corrected chi connectivity index (χ1v) is 9.16. The standard InChI is InChI=1S/C21H17Cl2NO3/c22-13-21(25)24-17-12-16(23)10-11-18(17)27-20-9-5-4-8-19(20)26-14-15-6-2-1-3-7-15/h1-12H,13-14H2,(H,24,25). The van der Waals surface area contributed by atoms with Crippen molar-refractivity contribution in [3.05, 3.63) is 83.4 Å². The Morgan fingerprint density at radius 3 is 2.33 bits per heavy atom. The summed E-state index contributed by atoms with van der Waals surface area (Å²) in [7, 11) is 0. The summed E-state index contributed by atoms with van der Waals surface area (Å²) in [5, 5.41) is 3.15. The fourth-order valence-electron chi connectivity index (χ4n) is 2.38. The van der Waals surface area contributed by atoms with Gasteiger partial charge in [0.25, 0.3) is 0 Å². The van der Waals surface area contributed by atoms with Crippen LogP contribution in [0, 0.1) is 0 Å². The van der Waals surface area contributed by atoms with Crippen molar-refractivity contribution in [2.45, 2.75) is 6.61 Å². The quantitative estimate of drug-likeness (QED) is 0.502. The number of amides is 1. The number of carbonyl (C=O) groups is 1. The summed E-state index contributed by atoms with van der Waals surface area (Å²) in [6.07, 6.45) is 0. The second-order valence-corrected chi connectivity index (χ2v) is 6.35. The largest absolute Gasteiger partial charge is 0.485 e. The van der Waals surface area contributed by atoms with E-state index in [2.05, 4.69) is 5.32 Å². The maximum atomic E-state index is 11.7. The predicted octanol–water partition coefficient (Wildman–Crippen LogP) is 5.89. The Balaban J connectivity index is 1.81. The molecular weight excluding hydrogens is 385 g/mol. The number of carbonyl (C=O) groups excluding carboxylic acids is 1. The second-order valence-electron chi connectivity index (χ2n) is 5.65. The van der Waals surface area contributed by atoms with Gasteiger partial charge in [-0.3, -0.25) is 4.79 Å². The van der Waals surface area contributed by atoms with Crippen molar-refractivity contribution < 1.29 is 14.3 Å². The molecule has 0 aliphatic carbocycles. The first-order valence-electron chi connectivity index (χ1n) is 8.24. The van der Waals surface area contributed by atoms with Crippen LogP contribution in [0.5, 0.6) is 17.2 Å². The van der Waals surface area contributed by atoms with Crippen LogP contribution >= 0.6 is 23.2 Å². The molecule has 0 aliphatic heterocycles. The molecule has 0 saturated heterocycles. The van der Waals surface area contributed by atoms with Gasteiger partial charge in [-0.25, -0.2) is 0 Å². The summed E-state index contributed by atoms with van der Waals surface area (Å²) in [6.45, 7) is 0.414. The lowest BCUT2D eigenvalue weighted by molar-refractivity contribution is -0.113. The van der Waals surface area contributed by atoms with E-state index in [1.54, 1.807) is 24.3 Å². The number of para-hydroxylation sites is 2. The molecule has 1 N–H and O–H groups in total. The highest BCUT2D eigenvalue weighted by atomic mass is 35.5. The number of benzene rings is 3. The van der Waals surface area contributed by atoms with E-state index >= 15 is 0 Å². The monoisotopic (exact) mass is 401 g/mol. The lowest BCUT2D eigenvalue weighted by Gasteiger charge is -2.15. The molecular formula is C21H17Cl2NO3. The Morgan fingerprint density at radius 1 is 0.889 bits per heavy atom. The Labute approximate surface area is 167 Å². The molecule has 138 valence electrons. The smallest absolute Gasteiger partial charge is 0.239 e. The van der Waals surface area contributed by atoms with Gasteiger partial charge in [0.1, 0.15) is 12.5 Å². The topological polar surface area (TPSA) is 47.6 Å². The molecule has 0 bridgehead atoms. The van der Waals surface area contributed by atoms with E-state index in [1.165, 1.54) is 0 Å². The van der Waals surface area contributed by atoms with Gasteiger partial charge >= 0.3 is 0 Å². The van der Waals surface area contributed by atoms with E-state index in [0.717, 1.165) is 5.56 Å². The molecule has 6 heteroatoms. The Kier molecular flexibility index (Phi) is 6.58. The summed E-state index contributed by atoms with van der Waals surface area (Å²) in [5.41, 5.74) is 1.49. The normalized spacial score (nSPS) is 10.3. The van der Waals surface area contributed by atoms with E-state index in [9.17, 15) is 4.79 Å². The molecule has 4 nitrogen and oxygen atoms in total. The third-order valence-electron chi connectivity index (χ3n) is 3.64. The molecule has 0 unspecified atom stereocenters. The van der Waals surface area contributed by atoms with E-state index < -0.39 is 0 Å². The Bertz CT molecular complexity index is 916. The minimum atomic E-state index is -0.350. The Hall–Kier alpha value is -2.69. The molecule has 0 atom stereocenters. The summed E-state index contributed by atoms with van der Waals surface area (Å²) in [5.74, 6) is 1.04. The first kappa shape index (κ1) is 19.1. The molecule has 0 heterocycles. The highest BCUT2D eigenvalue weighted by Gasteiger charge is 2.12. The number of hydrogen-bond acceptors (Lipinski definition) is 3. The van der Waals surface area contributed by atoms with Crippen molar-refractivity contribution in [3.63, 3.8) is 0 Å². The zero-order chi connectivity index (χ0) is 19.1. The lowest BCUT2D eigenvalue weighted by atomic mass is 10.2. The van der Waals surface area contributed by atoms with Crippen LogP contribution in [0.1, 0.15) is 5.56 Å². The van der Waals surface area contributed by atoms with Crippen molar-refractivity contribution in [2.24, 2.45) is 0 Å². The number of ether oxygens (including phenoxy) is 2. The van der Waals surface area contributed by atoms with Gasteiger partial charge in [0.2, 0.25) is 5.91 Å². The molecule has 3 rings (SSSR count). The highest BCUT2D eigenvalue weighted by Crippen LogP contribution is 2.36. The third kappa shape index (κ3) is 5.39. The number of rotatable bonds is 7. The van der Waals surface area contributed by atoms with Gasteiger partial charge in [-0.2, -0.15) is 0 Å². The maximum Gasteiger partial charge on any atom is 0.239 e. The first-order chi connectivity index (χ1) is 13.2. The number of anilines is 1. The average Bonchev–Trinajstić information content (AvgIpc) is 2.70. The van der Waals surface area contributed by atoms with Crippen LogP contribution in [0.25, 0.3) is 0 Å². The number of alkyl halides is 1. The number of hydrogen-bond donors (Lipinski definition) is 1. The summed E-state index contributed by atoms with van der Waals surface area (Å²) in [4.78, 5) is 11.7. The van der Waals surface area contributed by atoms with Crippen LogP contribution in [-0.2, 0) is 11.4 Å². The fourth-order valence-corrected chi connectivity index (χ4v) is 2.62. The second kappa shape index (κ2) is 9.31. The van der Waals surface area contributed by atoms with Gasteiger partial charge in [-0.1, -0.05) is 54.1 Å². The Morgan fingerprint density at radius 2 is 1.59 bits per heavy atom. The van der Waals surface area contributed by atoms with Gasteiger partial charge in [-0.05, 0) is 35.9 Å². The van der Waals surface area contributed by atoms with Gasteiger partial charge in [0, 0.05) is 5.02 Å². The minimum absolute atomic E-state index is 0.164. The van der Waals surface area contributed by atoms with Gasteiger partial charge in [0.15, 0.2) is 17.2 Å². The molecule has 3 aromatic carbocycles. The lowest BCUT2D eigenvalue weighted by Crippen LogP contribution is -2.13. The zero-order valence-corrected chi connectivity index (χ0v) is 15.8. The minimum Gasteiger partial charge on any atom is -0.485 e. The van der Waals surface area contributed by atoms with Crippen LogP contribution in [0.3, 0.4) is 0 Å². The van der Waals surface area contributed by atoms with E-state index in [0.29, 0.717) is 34.6 Å². The van der Waals surface area contributed by atoms with Crippen molar-refractivity contribution in [2.75, 3.05) is 11.2 Å². The van der Waals surface area contributed by atoms with Crippen molar-refractivity contribution in [3.8, 4) is 17.2 Å². The molecule has 27 heavy (non-hydrogen) atoms. The van der Waals surface area contributed by atoms with Crippen LogP contribution in [0.15, 0.2) is 72.8 Å². The molecule has 0 saturated carbocycles. The van der Waals surface area contributed by atoms with Crippen LogP contribution in [-0.4, -0.2) is 11.8 Å². The van der Waals surface area contributed by atoms with Crippen molar-refractivity contribution in [1.29, 1.82) is 0 Å². The van der Waals surface area contributed by atoms with Crippen LogP contribution in [0.2, 0.25) is 5.02 Å². The van der Waals surface area contributed by atoms with E-state index in [-0.39, 0.29) is 11.8 Å². The molecule has 0 fully saturated rings. The highest BCUT2D eigenvalue weighted by molar-refractivity contribution is 6.31. The van der Waals surface area contributed by atoms with Crippen molar-refractivity contribution in [1.82, 2.24) is 0 Å². The summed E-state index contributed by atoms with van der Waals surface area (Å²) < 4.78 is 11.9. The van der Waals surface area contributed by atoms with Gasteiger partial charge < -0.3 is 14.8 Å². The molecule has 3 aromatic rings. The van der Waals surface area contributed by atoms with E-state index in [1.807, 2.05) is 48.5 Å². The average molecular weight is 402 g/mol. The van der Waals surface area contributed by atoms with Crippen LogP contribution < -0.4 is 14.8 Å². The molecule has 1 amide bonds. The summed E-state index contributed by atoms with van der Waals surface area (Å²) in [6, 6.07) is 22.1. The van der Waals surface area contributed by atoms with Gasteiger partial charge in [0.05, 0.1) is 5.69 Å². The van der Waals surface area contributed by atoms with Gasteiger partial charge in [-0.15, -0.1) is 11.6 Å². The predicted molar refractivity (Wildman–Crippen MR) is 108 cm³/mol. The van der Waals surface area contributed by atoms with Crippen LogP contribution in [0.4, 0.5) is 5.69 Å². The number of halogens is 2. The SMILES string of the molecule is O=C(CCl)Nc1cc(Cl)ccc1Oc1ccccc1OCc1ccccc1. The molecule has 0 aromatic heterocycles. The molecule has 0 aliphatic rings. The van der Waals surface area contributed by atoms with E-state index in [4.69, 9.17) is 32.7 Å². The molecule has 0 spiro atoms. The number of nitrogens with one attached hydrogen (secondary N) is 1. The third-order valence-corrected chi connectivity index (χ3v) is 4.12. The zero-order valence-electron chi connectivity index (χ0n) is 14.3. The summed E-state index contributed by atoms with van der Waals surface area (Å²) >= 11 is 11.6. The molecule has 0 radical (unpaired) electrons. The maximum absolute atomic E-state index is 11.7.